The maximum Gasteiger partial charge on any atom is 0.0450 e. The second-order valence-corrected chi connectivity index (χ2v) is 12.8. The van der Waals surface area contributed by atoms with Gasteiger partial charge in [-0.25, -0.2) is 0 Å². The van der Waals surface area contributed by atoms with Crippen LogP contribution in [0.25, 0.3) is 33.4 Å². The standard InChI is InChI=1S/C41H39N/c1-3-9-40-27(2)38-25-31(18-23-41(38)42(40)34-19-14-29(15-20-34)28-10-5-4-6-11-28)30-16-22-37-36-21-17-33(36)24-32-12-7-8-13-35(32)39(37)26-30/h4-8,10-16,18-20,22-23,25-27,33,36,40H,3,9,17,21,24H2,1-2H3. The van der Waals surface area contributed by atoms with Crippen LogP contribution in [-0.4, -0.2) is 6.04 Å². The molecule has 1 heterocycles. The molecule has 2 aliphatic carbocycles. The van der Waals surface area contributed by atoms with E-state index < -0.39 is 0 Å². The van der Waals surface area contributed by atoms with Crippen molar-refractivity contribution in [3.63, 3.8) is 0 Å². The third-order valence-electron chi connectivity index (χ3n) is 10.5. The molecule has 0 spiro atoms. The van der Waals surface area contributed by atoms with Crippen LogP contribution in [0.4, 0.5) is 11.4 Å². The quantitative estimate of drug-likeness (QED) is 0.212. The first-order valence-corrected chi connectivity index (χ1v) is 16.0. The van der Waals surface area contributed by atoms with E-state index in [1.807, 2.05) is 0 Å². The monoisotopic (exact) mass is 545 g/mol. The van der Waals surface area contributed by atoms with Crippen molar-refractivity contribution in [2.45, 2.75) is 63.8 Å². The minimum Gasteiger partial charge on any atom is -0.338 e. The summed E-state index contributed by atoms with van der Waals surface area (Å²) in [6, 6.07) is 44.1. The van der Waals surface area contributed by atoms with Gasteiger partial charge in [0.25, 0.3) is 0 Å². The Kier molecular flexibility index (Phi) is 6.29. The fraction of sp³-hybridized carbons (Fsp3) is 0.268. The molecule has 0 radical (unpaired) electrons. The molecule has 208 valence electrons. The molecule has 0 aromatic heterocycles. The smallest absolute Gasteiger partial charge is 0.0450 e. The molecular weight excluding hydrogens is 506 g/mol. The van der Waals surface area contributed by atoms with Crippen molar-refractivity contribution in [2.75, 3.05) is 4.90 Å². The topological polar surface area (TPSA) is 3.24 Å². The zero-order chi connectivity index (χ0) is 28.2. The van der Waals surface area contributed by atoms with Crippen LogP contribution in [0.1, 0.15) is 68.1 Å². The van der Waals surface area contributed by atoms with E-state index in [0.717, 1.165) is 11.8 Å². The van der Waals surface area contributed by atoms with Crippen molar-refractivity contribution in [3.05, 3.63) is 132 Å². The van der Waals surface area contributed by atoms with Gasteiger partial charge in [-0.3, -0.25) is 0 Å². The Morgan fingerprint density at radius 2 is 1.36 bits per heavy atom. The van der Waals surface area contributed by atoms with E-state index in [1.54, 1.807) is 5.56 Å². The molecule has 0 saturated heterocycles. The molecular formula is C41H39N. The van der Waals surface area contributed by atoms with E-state index >= 15 is 0 Å². The van der Waals surface area contributed by atoms with Crippen LogP contribution < -0.4 is 4.90 Å². The molecule has 5 aromatic carbocycles. The van der Waals surface area contributed by atoms with E-state index in [1.165, 1.54) is 88.0 Å². The van der Waals surface area contributed by atoms with Crippen molar-refractivity contribution in [1.82, 2.24) is 0 Å². The Bertz CT molecular complexity index is 1750. The predicted molar refractivity (Wildman–Crippen MR) is 178 cm³/mol. The molecule has 8 rings (SSSR count). The SMILES string of the molecule is CCCC1C(C)c2cc(-c3ccc4c(c3)-c3ccccc3CC3CCC43)ccc2N1c1ccc(-c2ccccc2)cc1. The fourth-order valence-electron chi connectivity index (χ4n) is 8.14. The number of hydrogen-bond donors (Lipinski definition) is 0. The van der Waals surface area contributed by atoms with E-state index in [0.29, 0.717) is 12.0 Å². The first-order chi connectivity index (χ1) is 20.7. The molecule has 42 heavy (non-hydrogen) atoms. The highest BCUT2D eigenvalue weighted by Gasteiger charge is 2.38. The molecule has 0 amide bonds. The van der Waals surface area contributed by atoms with Gasteiger partial charge in [0, 0.05) is 23.3 Å². The summed E-state index contributed by atoms with van der Waals surface area (Å²) in [5.41, 5.74) is 15.4. The van der Waals surface area contributed by atoms with Crippen LogP contribution in [0.5, 0.6) is 0 Å². The largest absolute Gasteiger partial charge is 0.338 e. The zero-order valence-corrected chi connectivity index (χ0v) is 24.8. The number of benzene rings is 5. The molecule has 1 aliphatic heterocycles. The fourth-order valence-corrected chi connectivity index (χ4v) is 8.14. The lowest BCUT2D eigenvalue weighted by Crippen LogP contribution is -2.29. The molecule has 4 atom stereocenters. The number of hydrogen-bond acceptors (Lipinski definition) is 1. The molecule has 0 N–H and O–H groups in total. The van der Waals surface area contributed by atoms with Gasteiger partial charge in [0.05, 0.1) is 0 Å². The first kappa shape index (κ1) is 25.6. The molecule has 0 bridgehead atoms. The maximum absolute atomic E-state index is 2.62. The van der Waals surface area contributed by atoms with Crippen LogP contribution in [0.15, 0.2) is 115 Å². The third kappa shape index (κ3) is 4.13. The minimum absolute atomic E-state index is 0.470. The highest BCUT2D eigenvalue weighted by molar-refractivity contribution is 5.82. The Balaban J connectivity index is 1.18. The van der Waals surface area contributed by atoms with Gasteiger partial charge in [-0.1, -0.05) is 105 Å². The maximum atomic E-state index is 2.62. The van der Waals surface area contributed by atoms with Gasteiger partial charge in [-0.2, -0.15) is 0 Å². The normalized spacial score (nSPS) is 21.9. The van der Waals surface area contributed by atoms with Gasteiger partial charge in [-0.05, 0) is 118 Å². The van der Waals surface area contributed by atoms with Crippen molar-refractivity contribution < 1.29 is 0 Å². The van der Waals surface area contributed by atoms with E-state index in [4.69, 9.17) is 0 Å². The van der Waals surface area contributed by atoms with Crippen LogP contribution in [0.2, 0.25) is 0 Å². The average Bonchev–Trinajstić information content (AvgIpc) is 3.25. The predicted octanol–water partition coefficient (Wildman–Crippen LogP) is 11.2. The summed E-state index contributed by atoms with van der Waals surface area (Å²) in [4.78, 5) is 2.62. The van der Waals surface area contributed by atoms with Crippen LogP contribution in [0.3, 0.4) is 0 Å². The molecule has 1 saturated carbocycles. The Morgan fingerprint density at radius 3 is 2.14 bits per heavy atom. The summed E-state index contributed by atoms with van der Waals surface area (Å²) in [5, 5.41) is 0. The summed E-state index contributed by atoms with van der Waals surface area (Å²) in [6.45, 7) is 4.75. The Hall–Kier alpha value is -4.10. The van der Waals surface area contributed by atoms with Gasteiger partial charge in [0.1, 0.15) is 0 Å². The van der Waals surface area contributed by atoms with Crippen molar-refractivity contribution in [2.24, 2.45) is 5.92 Å². The molecule has 5 aromatic rings. The first-order valence-electron chi connectivity index (χ1n) is 16.0. The summed E-state index contributed by atoms with van der Waals surface area (Å²) in [5.74, 6) is 2.01. The van der Waals surface area contributed by atoms with E-state index in [2.05, 4.69) is 134 Å². The number of nitrogens with zero attached hydrogens (tertiary/aromatic N) is 1. The minimum atomic E-state index is 0.470. The highest BCUT2D eigenvalue weighted by Crippen LogP contribution is 2.52. The van der Waals surface area contributed by atoms with Gasteiger partial charge in [0.2, 0.25) is 0 Å². The van der Waals surface area contributed by atoms with Gasteiger partial charge in [0.15, 0.2) is 0 Å². The second-order valence-electron chi connectivity index (χ2n) is 12.8. The van der Waals surface area contributed by atoms with E-state index in [-0.39, 0.29) is 0 Å². The summed E-state index contributed by atoms with van der Waals surface area (Å²) in [7, 11) is 0. The zero-order valence-electron chi connectivity index (χ0n) is 24.8. The molecule has 1 fully saturated rings. The summed E-state index contributed by atoms with van der Waals surface area (Å²) < 4.78 is 0. The van der Waals surface area contributed by atoms with Crippen molar-refractivity contribution in [1.29, 1.82) is 0 Å². The highest BCUT2D eigenvalue weighted by atomic mass is 15.2. The average molecular weight is 546 g/mol. The molecule has 1 heteroatoms. The summed E-state index contributed by atoms with van der Waals surface area (Å²) in [6.07, 6.45) is 6.29. The number of anilines is 2. The molecule has 3 aliphatic rings. The Labute approximate surface area is 250 Å². The lowest BCUT2D eigenvalue weighted by atomic mass is 9.68. The summed E-state index contributed by atoms with van der Waals surface area (Å²) >= 11 is 0. The number of rotatable bonds is 5. The van der Waals surface area contributed by atoms with Crippen LogP contribution in [0, 0.1) is 5.92 Å². The van der Waals surface area contributed by atoms with Crippen LogP contribution in [-0.2, 0) is 6.42 Å². The van der Waals surface area contributed by atoms with Crippen molar-refractivity contribution >= 4 is 11.4 Å². The Morgan fingerprint density at radius 1 is 0.643 bits per heavy atom. The van der Waals surface area contributed by atoms with Crippen molar-refractivity contribution in [3.8, 4) is 33.4 Å². The number of fused-ring (bicyclic) bond motifs is 6. The second kappa shape index (κ2) is 10.3. The lowest BCUT2D eigenvalue weighted by molar-refractivity contribution is 0.256. The van der Waals surface area contributed by atoms with Crippen LogP contribution >= 0.6 is 0 Å². The van der Waals surface area contributed by atoms with Gasteiger partial charge in [-0.15, -0.1) is 0 Å². The molecule has 1 nitrogen and oxygen atoms in total. The van der Waals surface area contributed by atoms with Gasteiger partial charge >= 0.3 is 0 Å². The van der Waals surface area contributed by atoms with E-state index in [9.17, 15) is 0 Å². The third-order valence-corrected chi connectivity index (χ3v) is 10.5. The lowest BCUT2D eigenvalue weighted by Gasteiger charge is -2.36. The van der Waals surface area contributed by atoms with Gasteiger partial charge < -0.3 is 4.90 Å². The molecule has 4 unspecified atom stereocenters.